The smallest absolute Gasteiger partial charge is 0.409 e. The molecule has 3 atom stereocenters. The fraction of sp³-hybridized carbons (Fsp3) is 0.533. The summed E-state index contributed by atoms with van der Waals surface area (Å²) in [4.78, 5) is 27.8. The normalized spacial score (nSPS) is 16.6. The molecular weight excluding hydrogens is 574 g/mol. The van der Waals surface area contributed by atoms with Crippen LogP contribution in [0.25, 0.3) is 0 Å². The fourth-order valence-electron chi connectivity index (χ4n) is 4.59. The second-order valence-corrected chi connectivity index (χ2v) is 13.0. The van der Waals surface area contributed by atoms with Crippen molar-refractivity contribution in [1.82, 2.24) is 19.8 Å². The van der Waals surface area contributed by atoms with Gasteiger partial charge in [0.15, 0.2) is 0 Å². The summed E-state index contributed by atoms with van der Waals surface area (Å²) in [7, 11) is -0.658. The fourth-order valence-corrected chi connectivity index (χ4v) is 6.21. The molecule has 1 fully saturated rings. The molecule has 238 valence electrons. The molecule has 1 heterocycles. The minimum absolute atomic E-state index is 0.0499. The molecule has 0 aliphatic carbocycles. The van der Waals surface area contributed by atoms with E-state index in [0.29, 0.717) is 38.4 Å². The van der Waals surface area contributed by atoms with E-state index < -0.39 is 40.5 Å². The lowest BCUT2D eigenvalue weighted by Crippen LogP contribution is -2.54. The van der Waals surface area contributed by atoms with Crippen molar-refractivity contribution in [2.24, 2.45) is 5.92 Å². The number of sulfonamides is 1. The highest BCUT2D eigenvalue weighted by Crippen LogP contribution is 2.22. The number of rotatable bonds is 15. The molecule has 43 heavy (non-hydrogen) atoms. The van der Waals surface area contributed by atoms with Gasteiger partial charge in [-0.2, -0.15) is 4.31 Å². The van der Waals surface area contributed by atoms with Gasteiger partial charge in [0, 0.05) is 38.8 Å². The average molecular weight is 620 g/mol. The summed E-state index contributed by atoms with van der Waals surface area (Å²) in [5, 5.41) is 5.86. The minimum atomic E-state index is -4.03. The molecule has 2 aromatic rings. The first kappa shape index (κ1) is 34.1. The molecule has 2 amide bonds. The van der Waals surface area contributed by atoms with Crippen molar-refractivity contribution in [3.63, 3.8) is 0 Å². The van der Waals surface area contributed by atoms with Crippen molar-refractivity contribution in [2.45, 2.75) is 49.8 Å². The molecule has 0 spiro atoms. The van der Waals surface area contributed by atoms with Crippen molar-refractivity contribution in [3.8, 4) is 0 Å². The van der Waals surface area contributed by atoms with E-state index in [0.717, 1.165) is 5.56 Å². The molecule has 3 unspecified atom stereocenters. The van der Waals surface area contributed by atoms with Gasteiger partial charge in [-0.3, -0.25) is 0 Å². The van der Waals surface area contributed by atoms with Crippen molar-refractivity contribution in [3.05, 3.63) is 60.2 Å². The summed E-state index contributed by atoms with van der Waals surface area (Å²) < 4.78 is 46.0. The summed E-state index contributed by atoms with van der Waals surface area (Å²) in [5.41, 5.74) is 7.10. The summed E-state index contributed by atoms with van der Waals surface area (Å²) in [6.07, 6.45) is -1.97. The largest absolute Gasteiger partial charge is 0.444 e. The Kier molecular flexibility index (Phi) is 13.1. The van der Waals surface area contributed by atoms with Gasteiger partial charge in [0.05, 0.1) is 30.7 Å². The van der Waals surface area contributed by atoms with E-state index in [9.17, 15) is 18.0 Å². The van der Waals surface area contributed by atoms with Gasteiger partial charge < -0.3 is 35.5 Å². The Morgan fingerprint density at radius 1 is 1.09 bits per heavy atom. The van der Waals surface area contributed by atoms with E-state index in [1.165, 1.54) is 33.5 Å². The van der Waals surface area contributed by atoms with Crippen molar-refractivity contribution in [1.29, 1.82) is 0 Å². The van der Waals surface area contributed by atoms with Gasteiger partial charge in [-0.05, 0) is 49.2 Å². The molecule has 3 rings (SSSR count). The van der Waals surface area contributed by atoms with Gasteiger partial charge in [-0.25, -0.2) is 18.0 Å². The van der Waals surface area contributed by atoms with Crippen LogP contribution in [0, 0.1) is 5.92 Å². The topological polar surface area (TPSA) is 153 Å². The van der Waals surface area contributed by atoms with E-state index in [1.54, 1.807) is 14.1 Å². The number of alkyl carbamates (subject to hydrolysis) is 1. The molecule has 1 aliphatic rings. The number of hydrogen-bond donors (Lipinski definition) is 3. The average Bonchev–Trinajstić information content (AvgIpc) is 3.48. The Labute approximate surface area is 254 Å². The SMILES string of the molecule is CNCCN(C)C(=O)OC(CN(CC(C)C)S(=O)(=O)c1ccc(N)cc1)C(Cc1ccccc1)NC(=O)OC1CCOC1. The zero-order chi connectivity index (χ0) is 31.4. The predicted octanol–water partition coefficient (Wildman–Crippen LogP) is 2.70. The number of amides is 2. The molecule has 2 aromatic carbocycles. The monoisotopic (exact) mass is 619 g/mol. The highest BCUT2D eigenvalue weighted by Gasteiger charge is 2.36. The van der Waals surface area contributed by atoms with Crippen LogP contribution < -0.4 is 16.4 Å². The number of ether oxygens (including phenoxy) is 3. The first-order valence-corrected chi connectivity index (χ1v) is 15.9. The number of nitrogen functional groups attached to an aromatic ring is 1. The van der Waals surface area contributed by atoms with E-state index in [4.69, 9.17) is 19.9 Å². The lowest BCUT2D eigenvalue weighted by Gasteiger charge is -2.34. The van der Waals surface area contributed by atoms with Crippen molar-refractivity contribution >= 4 is 27.9 Å². The van der Waals surface area contributed by atoms with Gasteiger partial charge in [-0.1, -0.05) is 44.2 Å². The van der Waals surface area contributed by atoms with Crippen LogP contribution in [0.4, 0.5) is 15.3 Å². The summed E-state index contributed by atoms with van der Waals surface area (Å²) in [6, 6.07) is 14.5. The molecule has 13 heteroatoms. The van der Waals surface area contributed by atoms with Crippen LogP contribution in [0.5, 0.6) is 0 Å². The van der Waals surface area contributed by atoms with Crippen LogP contribution in [-0.2, 0) is 30.7 Å². The van der Waals surface area contributed by atoms with Crippen molar-refractivity contribution in [2.75, 3.05) is 59.2 Å². The maximum Gasteiger partial charge on any atom is 0.409 e. The Balaban J connectivity index is 1.99. The zero-order valence-corrected chi connectivity index (χ0v) is 26.2. The second kappa shape index (κ2) is 16.5. The third kappa shape index (κ3) is 10.7. The highest BCUT2D eigenvalue weighted by atomic mass is 32.2. The number of benzene rings is 2. The molecule has 0 aromatic heterocycles. The molecule has 4 N–H and O–H groups in total. The standard InChI is InChI=1S/C30H45N5O7S/c1-22(2)19-35(43(38,39)26-12-10-24(31)11-13-26)20-28(42-30(37)34(4)16-15-32-3)27(18-23-8-6-5-7-9-23)33-29(36)41-25-14-17-40-21-25/h5-13,22,25,27-28,32H,14-21,31H2,1-4H3,(H,33,36). The number of likely N-dealkylation sites (N-methyl/N-ethyl adjacent to an activating group) is 2. The summed E-state index contributed by atoms with van der Waals surface area (Å²) >= 11 is 0. The lowest BCUT2D eigenvalue weighted by atomic mass is 10.0. The summed E-state index contributed by atoms with van der Waals surface area (Å²) in [6.45, 7) is 5.44. The predicted molar refractivity (Wildman–Crippen MR) is 164 cm³/mol. The van der Waals surface area contributed by atoms with Crippen molar-refractivity contribution < 1.29 is 32.2 Å². The summed E-state index contributed by atoms with van der Waals surface area (Å²) in [5.74, 6) is -0.0499. The Morgan fingerprint density at radius 2 is 1.79 bits per heavy atom. The van der Waals surface area contributed by atoms with Gasteiger partial charge in [-0.15, -0.1) is 0 Å². The molecule has 1 aliphatic heterocycles. The van der Waals surface area contributed by atoms with E-state index in [1.807, 2.05) is 44.2 Å². The third-order valence-corrected chi connectivity index (χ3v) is 8.79. The van der Waals surface area contributed by atoms with E-state index in [-0.39, 0.29) is 30.3 Å². The quantitative estimate of drug-likeness (QED) is 0.256. The van der Waals surface area contributed by atoms with E-state index in [2.05, 4.69) is 10.6 Å². The third-order valence-electron chi connectivity index (χ3n) is 6.94. The first-order valence-electron chi connectivity index (χ1n) is 14.5. The number of hydrogen-bond acceptors (Lipinski definition) is 9. The van der Waals surface area contributed by atoms with Gasteiger partial charge >= 0.3 is 12.2 Å². The molecule has 1 saturated heterocycles. The van der Waals surface area contributed by atoms with Crippen LogP contribution in [0.15, 0.2) is 59.5 Å². The van der Waals surface area contributed by atoms with Crippen LogP contribution in [0.1, 0.15) is 25.8 Å². The molecule has 0 bridgehead atoms. The minimum Gasteiger partial charge on any atom is -0.444 e. The van der Waals surface area contributed by atoms with Crippen LogP contribution in [0.3, 0.4) is 0 Å². The number of carbonyl (C=O) groups is 2. The van der Waals surface area contributed by atoms with E-state index >= 15 is 0 Å². The maximum absolute atomic E-state index is 13.9. The Morgan fingerprint density at radius 3 is 2.40 bits per heavy atom. The van der Waals surface area contributed by atoms with Gasteiger partial charge in [0.25, 0.3) is 0 Å². The second-order valence-electron chi connectivity index (χ2n) is 11.1. The first-order chi connectivity index (χ1) is 20.5. The molecule has 0 saturated carbocycles. The maximum atomic E-state index is 13.9. The molecule has 0 radical (unpaired) electrons. The number of anilines is 1. The van der Waals surface area contributed by atoms with Gasteiger partial charge in [0.2, 0.25) is 10.0 Å². The number of nitrogens with one attached hydrogen (secondary N) is 2. The van der Waals surface area contributed by atoms with Gasteiger partial charge in [0.1, 0.15) is 12.2 Å². The van der Waals surface area contributed by atoms with Crippen LogP contribution in [-0.4, -0.2) is 102 Å². The van der Waals surface area contributed by atoms with Crippen LogP contribution in [0.2, 0.25) is 0 Å². The van der Waals surface area contributed by atoms with Crippen LogP contribution >= 0.6 is 0 Å². The molecular formula is C30H45N5O7S. The lowest BCUT2D eigenvalue weighted by molar-refractivity contribution is 0.0330. The Hall–Kier alpha value is -3.39. The number of nitrogens with two attached hydrogens (primary N) is 1. The number of carbonyl (C=O) groups excluding carboxylic acids is 2. The number of nitrogens with zero attached hydrogens (tertiary/aromatic N) is 2. The highest BCUT2D eigenvalue weighted by molar-refractivity contribution is 7.89. The Bertz CT molecular complexity index is 1260. The zero-order valence-electron chi connectivity index (χ0n) is 25.4. The molecule has 12 nitrogen and oxygen atoms in total.